The number of Topliss-reactive ketones (excluding diaryl/α,β-unsaturated/α-hetero) is 1. The second-order valence-electron chi connectivity index (χ2n) is 7.96. The molecule has 7 nitrogen and oxygen atoms in total. The van der Waals surface area contributed by atoms with E-state index < -0.39 is 17.7 Å². The number of benzene rings is 2. The van der Waals surface area contributed by atoms with Gasteiger partial charge in [-0.25, -0.2) is 0 Å². The van der Waals surface area contributed by atoms with Crippen LogP contribution in [0.2, 0.25) is 0 Å². The van der Waals surface area contributed by atoms with Crippen molar-refractivity contribution < 1.29 is 24.2 Å². The number of morpholine rings is 1. The van der Waals surface area contributed by atoms with Crippen LogP contribution in [0.15, 0.2) is 58.6 Å². The predicted molar refractivity (Wildman–Crippen MR) is 128 cm³/mol. The number of nitrogens with zero attached hydrogens (tertiary/aromatic N) is 2. The number of carbonyl (C=O) groups excluding carboxylic acids is 2. The molecule has 2 aromatic rings. The third kappa shape index (κ3) is 5.13. The fourth-order valence-electron chi connectivity index (χ4n) is 4.21. The first-order valence-electron chi connectivity index (χ1n) is 11.1. The summed E-state index contributed by atoms with van der Waals surface area (Å²) in [7, 11) is 0. The Morgan fingerprint density at radius 2 is 1.73 bits per heavy atom. The number of ketones is 1. The summed E-state index contributed by atoms with van der Waals surface area (Å²) in [6.45, 7) is 6.35. The molecule has 1 N–H and O–H groups in total. The number of aliphatic hydroxyl groups is 1. The molecule has 2 fully saturated rings. The average molecular weight is 515 g/mol. The second kappa shape index (κ2) is 10.5. The van der Waals surface area contributed by atoms with Gasteiger partial charge < -0.3 is 19.5 Å². The number of likely N-dealkylation sites (tertiary alicyclic amines) is 1. The van der Waals surface area contributed by atoms with Crippen molar-refractivity contribution in [2.45, 2.75) is 13.0 Å². The Morgan fingerprint density at radius 3 is 2.36 bits per heavy atom. The average Bonchev–Trinajstić information content (AvgIpc) is 3.09. The lowest BCUT2D eigenvalue weighted by Crippen LogP contribution is -2.42. The molecule has 0 unspecified atom stereocenters. The molecule has 2 aliphatic heterocycles. The maximum absolute atomic E-state index is 13.1. The van der Waals surface area contributed by atoms with Gasteiger partial charge in [0.15, 0.2) is 0 Å². The first-order valence-corrected chi connectivity index (χ1v) is 11.9. The molecule has 2 aliphatic rings. The van der Waals surface area contributed by atoms with Crippen molar-refractivity contribution in [3.63, 3.8) is 0 Å². The summed E-state index contributed by atoms with van der Waals surface area (Å²) < 4.78 is 11.8. The summed E-state index contributed by atoms with van der Waals surface area (Å²) in [5.74, 6) is -0.731. The highest BCUT2D eigenvalue weighted by atomic mass is 79.9. The van der Waals surface area contributed by atoms with Gasteiger partial charge in [-0.2, -0.15) is 0 Å². The van der Waals surface area contributed by atoms with Crippen LogP contribution < -0.4 is 4.74 Å². The molecular formula is C25H27BrN2O5. The minimum Gasteiger partial charge on any atom is -0.507 e. The summed E-state index contributed by atoms with van der Waals surface area (Å²) in [5, 5.41) is 11.1. The predicted octanol–water partition coefficient (Wildman–Crippen LogP) is 3.60. The van der Waals surface area contributed by atoms with E-state index in [1.807, 2.05) is 31.2 Å². The van der Waals surface area contributed by atoms with E-state index in [9.17, 15) is 14.7 Å². The summed E-state index contributed by atoms with van der Waals surface area (Å²) in [5.41, 5.74) is 1.34. The van der Waals surface area contributed by atoms with E-state index in [1.54, 1.807) is 29.2 Å². The van der Waals surface area contributed by atoms with Crippen LogP contribution in [0.1, 0.15) is 24.1 Å². The Labute approximate surface area is 201 Å². The monoisotopic (exact) mass is 514 g/mol. The van der Waals surface area contributed by atoms with E-state index in [4.69, 9.17) is 9.47 Å². The third-order valence-corrected chi connectivity index (χ3v) is 6.45. The highest BCUT2D eigenvalue weighted by Gasteiger charge is 2.46. The quantitative estimate of drug-likeness (QED) is 0.345. The van der Waals surface area contributed by atoms with Crippen molar-refractivity contribution in [3.8, 4) is 5.75 Å². The van der Waals surface area contributed by atoms with Crippen LogP contribution in [0, 0.1) is 0 Å². The van der Waals surface area contributed by atoms with Crippen molar-refractivity contribution in [3.05, 3.63) is 69.7 Å². The molecule has 0 aliphatic carbocycles. The van der Waals surface area contributed by atoms with E-state index in [-0.39, 0.29) is 11.3 Å². The highest BCUT2D eigenvalue weighted by molar-refractivity contribution is 9.10. The molecule has 2 heterocycles. The number of hydrogen-bond donors (Lipinski definition) is 1. The van der Waals surface area contributed by atoms with E-state index in [1.165, 1.54) is 0 Å². The molecule has 8 heteroatoms. The molecule has 2 aromatic carbocycles. The zero-order valence-corrected chi connectivity index (χ0v) is 20.1. The first kappa shape index (κ1) is 23.5. The molecule has 0 spiro atoms. The lowest BCUT2D eigenvalue weighted by atomic mass is 9.95. The van der Waals surface area contributed by atoms with Crippen LogP contribution in [0.4, 0.5) is 0 Å². The van der Waals surface area contributed by atoms with Crippen molar-refractivity contribution in [1.82, 2.24) is 9.80 Å². The fourth-order valence-corrected chi connectivity index (χ4v) is 4.47. The van der Waals surface area contributed by atoms with Crippen LogP contribution in [0.3, 0.4) is 0 Å². The molecule has 0 radical (unpaired) electrons. The number of carbonyl (C=O) groups is 2. The number of aliphatic hydroxyl groups excluding tert-OH is 1. The zero-order chi connectivity index (χ0) is 23.4. The molecule has 2 saturated heterocycles. The second-order valence-corrected chi connectivity index (χ2v) is 8.87. The van der Waals surface area contributed by atoms with Crippen molar-refractivity contribution >= 4 is 33.4 Å². The lowest BCUT2D eigenvalue weighted by Gasteiger charge is -2.31. The summed E-state index contributed by atoms with van der Waals surface area (Å²) in [6.07, 6.45) is 0. The van der Waals surface area contributed by atoms with E-state index in [0.717, 1.165) is 23.1 Å². The maximum atomic E-state index is 13.1. The van der Waals surface area contributed by atoms with Gasteiger partial charge in [-0.3, -0.25) is 14.5 Å². The lowest BCUT2D eigenvalue weighted by molar-refractivity contribution is -0.140. The molecular weight excluding hydrogens is 488 g/mol. The molecule has 1 amide bonds. The van der Waals surface area contributed by atoms with Gasteiger partial charge in [0, 0.05) is 36.2 Å². The normalized spacial score (nSPS) is 20.9. The van der Waals surface area contributed by atoms with Crippen molar-refractivity contribution in [2.75, 3.05) is 46.0 Å². The summed E-state index contributed by atoms with van der Waals surface area (Å²) in [6, 6.07) is 13.7. The van der Waals surface area contributed by atoms with Crippen molar-refractivity contribution in [2.24, 2.45) is 0 Å². The number of ether oxygens (including phenoxy) is 2. The van der Waals surface area contributed by atoms with Gasteiger partial charge in [0.1, 0.15) is 11.5 Å². The maximum Gasteiger partial charge on any atom is 0.295 e. The number of hydrogen-bond acceptors (Lipinski definition) is 6. The Balaban J connectivity index is 1.71. The molecule has 0 saturated carbocycles. The van der Waals surface area contributed by atoms with Gasteiger partial charge in [-0.05, 0) is 36.8 Å². The third-order valence-electron chi connectivity index (χ3n) is 5.93. The Kier molecular flexibility index (Phi) is 7.47. The first-order chi connectivity index (χ1) is 16.0. The van der Waals surface area contributed by atoms with Gasteiger partial charge in [0.05, 0.1) is 31.4 Å². The van der Waals surface area contributed by atoms with Crippen LogP contribution in [0.5, 0.6) is 5.75 Å². The molecule has 4 rings (SSSR count). The van der Waals surface area contributed by atoms with E-state index in [0.29, 0.717) is 44.2 Å². The topological polar surface area (TPSA) is 79.3 Å². The van der Waals surface area contributed by atoms with Gasteiger partial charge in [-0.15, -0.1) is 0 Å². The Bertz CT molecular complexity index is 1030. The smallest absolute Gasteiger partial charge is 0.295 e. The van der Waals surface area contributed by atoms with Gasteiger partial charge in [-0.1, -0.05) is 40.2 Å². The molecule has 0 bridgehead atoms. The zero-order valence-electron chi connectivity index (χ0n) is 18.5. The van der Waals surface area contributed by atoms with Crippen LogP contribution in [-0.2, 0) is 14.3 Å². The molecule has 1 atom stereocenters. The SMILES string of the molecule is CCOc1ccc([C@H]2/C(=C(\O)c3ccc(Br)cc3)C(=O)C(=O)N2CCN2CCOCC2)cc1. The van der Waals surface area contributed by atoms with Gasteiger partial charge in [0.25, 0.3) is 11.7 Å². The van der Waals surface area contributed by atoms with E-state index >= 15 is 0 Å². The number of halogens is 1. The van der Waals surface area contributed by atoms with E-state index in [2.05, 4.69) is 20.8 Å². The summed E-state index contributed by atoms with van der Waals surface area (Å²) >= 11 is 3.38. The highest BCUT2D eigenvalue weighted by Crippen LogP contribution is 2.39. The number of amides is 1. The van der Waals surface area contributed by atoms with Gasteiger partial charge in [0.2, 0.25) is 0 Å². The largest absolute Gasteiger partial charge is 0.507 e. The fraction of sp³-hybridized carbons (Fsp3) is 0.360. The number of rotatable bonds is 7. The summed E-state index contributed by atoms with van der Waals surface area (Å²) in [4.78, 5) is 30.0. The minimum atomic E-state index is -0.676. The van der Waals surface area contributed by atoms with Crippen molar-refractivity contribution in [1.29, 1.82) is 0 Å². The van der Waals surface area contributed by atoms with Crippen LogP contribution >= 0.6 is 15.9 Å². The Morgan fingerprint density at radius 1 is 1.06 bits per heavy atom. The standard InChI is InChI=1S/C25H27BrN2O5/c1-2-33-20-9-5-17(6-10-20)22-21(23(29)18-3-7-19(26)8-4-18)24(30)25(31)28(22)12-11-27-13-15-32-16-14-27/h3-10,22,29H,2,11-16H2,1H3/b23-21+/t22-/m0/s1. The minimum absolute atomic E-state index is 0.105. The molecule has 33 heavy (non-hydrogen) atoms. The van der Waals surface area contributed by atoms with Crippen LogP contribution in [0.25, 0.3) is 5.76 Å². The molecule has 174 valence electrons. The van der Waals surface area contributed by atoms with Gasteiger partial charge >= 0.3 is 0 Å². The van der Waals surface area contributed by atoms with Crippen LogP contribution in [-0.4, -0.2) is 72.6 Å². The Hall–Kier alpha value is -2.68. The molecule has 0 aromatic heterocycles.